The smallest absolute Gasteiger partial charge is 0.225 e. The number of aromatic nitrogens is 2. The van der Waals surface area contributed by atoms with Gasteiger partial charge in [-0.05, 0) is 32.1 Å². The predicted octanol–water partition coefficient (Wildman–Crippen LogP) is 1.52. The van der Waals surface area contributed by atoms with Gasteiger partial charge in [0.15, 0.2) is 0 Å². The standard InChI is InChI=1S/C13H18N4OS/c18-11(14-10-3-4-10)9-5-6-17(7-9)13-16-15-12(19-13)8-1-2-8/h8-10H,1-7H2,(H,14,18). The SMILES string of the molecule is O=C(NC1CC1)C1CCN(c2nnc(C3CC3)s2)C1. The molecule has 1 aromatic heterocycles. The van der Waals surface area contributed by atoms with Gasteiger partial charge < -0.3 is 10.2 Å². The molecule has 5 nitrogen and oxygen atoms in total. The summed E-state index contributed by atoms with van der Waals surface area (Å²) >= 11 is 1.71. The van der Waals surface area contributed by atoms with Crippen molar-refractivity contribution < 1.29 is 4.79 Å². The van der Waals surface area contributed by atoms with E-state index in [0.29, 0.717) is 12.0 Å². The maximum Gasteiger partial charge on any atom is 0.225 e. The second-order valence-electron chi connectivity index (χ2n) is 5.91. The zero-order chi connectivity index (χ0) is 12.8. The van der Waals surface area contributed by atoms with E-state index in [2.05, 4.69) is 20.4 Å². The molecule has 1 amide bonds. The molecule has 2 saturated carbocycles. The van der Waals surface area contributed by atoms with Crippen LogP contribution < -0.4 is 10.2 Å². The number of rotatable bonds is 4. The first-order valence-corrected chi connectivity index (χ1v) is 8.00. The van der Waals surface area contributed by atoms with Crippen molar-refractivity contribution >= 4 is 22.4 Å². The summed E-state index contributed by atoms with van der Waals surface area (Å²) in [4.78, 5) is 14.2. The maximum atomic E-state index is 12.0. The lowest BCUT2D eigenvalue weighted by Gasteiger charge is -2.14. The summed E-state index contributed by atoms with van der Waals surface area (Å²) in [6.45, 7) is 1.74. The third-order valence-electron chi connectivity index (χ3n) is 4.11. The van der Waals surface area contributed by atoms with Crippen LogP contribution in [-0.2, 0) is 4.79 Å². The van der Waals surface area contributed by atoms with Gasteiger partial charge in [0.2, 0.25) is 11.0 Å². The van der Waals surface area contributed by atoms with E-state index < -0.39 is 0 Å². The molecule has 0 radical (unpaired) electrons. The summed E-state index contributed by atoms with van der Waals surface area (Å²) in [5.41, 5.74) is 0. The highest BCUT2D eigenvalue weighted by atomic mass is 32.1. The first-order valence-electron chi connectivity index (χ1n) is 7.18. The Hall–Kier alpha value is -1.17. The monoisotopic (exact) mass is 278 g/mol. The van der Waals surface area contributed by atoms with Crippen molar-refractivity contribution in [2.75, 3.05) is 18.0 Å². The Morgan fingerprint density at radius 1 is 1.21 bits per heavy atom. The van der Waals surface area contributed by atoms with Gasteiger partial charge >= 0.3 is 0 Å². The first kappa shape index (κ1) is 11.6. The highest BCUT2D eigenvalue weighted by Crippen LogP contribution is 2.43. The molecule has 19 heavy (non-hydrogen) atoms. The Balaban J connectivity index is 1.38. The summed E-state index contributed by atoms with van der Waals surface area (Å²) in [5, 5.41) is 13.9. The van der Waals surface area contributed by atoms with Crippen molar-refractivity contribution in [1.82, 2.24) is 15.5 Å². The van der Waals surface area contributed by atoms with Gasteiger partial charge in [-0.3, -0.25) is 4.79 Å². The van der Waals surface area contributed by atoms with E-state index in [0.717, 1.165) is 37.5 Å². The van der Waals surface area contributed by atoms with Crippen molar-refractivity contribution in [3.63, 3.8) is 0 Å². The van der Waals surface area contributed by atoms with Crippen LogP contribution in [0.3, 0.4) is 0 Å². The highest BCUT2D eigenvalue weighted by Gasteiger charge is 2.34. The van der Waals surface area contributed by atoms with Crippen molar-refractivity contribution in [3.05, 3.63) is 5.01 Å². The molecular formula is C13H18N4OS. The lowest BCUT2D eigenvalue weighted by atomic mass is 10.1. The van der Waals surface area contributed by atoms with E-state index in [1.54, 1.807) is 11.3 Å². The maximum absolute atomic E-state index is 12.0. The van der Waals surface area contributed by atoms with Crippen LogP contribution in [0.4, 0.5) is 5.13 Å². The van der Waals surface area contributed by atoms with Gasteiger partial charge in [-0.2, -0.15) is 0 Å². The molecule has 3 fully saturated rings. The molecule has 2 aliphatic carbocycles. The van der Waals surface area contributed by atoms with E-state index in [-0.39, 0.29) is 11.8 Å². The van der Waals surface area contributed by atoms with Crippen molar-refractivity contribution in [2.45, 2.75) is 44.1 Å². The molecule has 3 aliphatic rings. The molecule has 1 N–H and O–H groups in total. The van der Waals surface area contributed by atoms with Crippen LogP contribution >= 0.6 is 11.3 Å². The van der Waals surface area contributed by atoms with E-state index in [4.69, 9.17) is 0 Å². The predicted molar refractivity (Wildman–Crippen MR) is 73.4 cm³/mol. The molecule has 1 saturated heterocycles. The molecule has 1 aromatic rings. The van der Waals surface area contributed by atoms with Crippen LogP contribution in [0.5, 0.6) is 0 Å². The van der Waals surface area contributed by atoms with Crippen molar-refractivity contribution in [1.29, 1.82) is 0 Å². The zero-order valence-electron chi connectivity index (χ0n) is 10.8. The van der Waals surface area contributed by atoms with Gasteiger partial charge in [-0.15, -0.1) is 10.2 Å². The zero-order valence-corrected chi connectivity index (χ0v) is 11.7. The van der Waals surface area contributed by atoms with Crippen LogP contribution in [0.1, 0.15) is 43.0 Å². The van der Waals surface area contributed by atoms with Crippen molar-refractivity contribution in [2.24, 2.45) is 5.92 Å². The number of amides is 1. The van der Waals surface area contributed by atoms with E-state index in [9.17, 15) is 4.79 Å². The molecule has 1 aliphatic heterocycles. The summed E-state index contributed by atoms with van der Waals surface area (Å²) in [5.74, 6) is 1.04. The fraction of sp³-hybridized carbons (Fsp3) is 0.769. The quantitative estimate of drug-likeness (QED) is 0.907. The summed E-state index contributed by atoms with van der Waals surface area (Å²) in [7, 11) is 0. The van der Waals surface area contributed by atoms with Gasteiger partial charge in [0, 0.05) is 25.0 Å². The van der Waals surface area contributed by atoms with Gasteiger partial charge in [0.1, 0.15) is 5.01 Å². The lowest BCUT2D eigenvalue weighted by molar-refractivity contribution is -0.124. The number of hydrogen-bond acceptors (Lipinski definition) is 5. The van der Waals surface area contributed by atoms with Gasteiger partial charge in [-0.1, -0.05) is 11.3 Å². The van der Waals surface area contributed by atoms with E-state index in [1.165, 1.54) is 17.8 Å². The Labute approximate surface area is 116 Å². The minimum Gasteiger partial charge on any atom is -0.353 e. The Morgan fingerprint density at radius 3 is 2.79 bits per heavy atom. The molecule has 102 valence electrons. The molecule has 4 rings (SSSR count). The number of carbonyl (C=O) groups is 1. The Kier molecular flexibility index (Phi) is 2.72. The van der Waals surface area contributed by atoms with Crippen LogP contribution in [-0.4, -0.2) is 35.2 Å². The normalized spacial score (nSPS) is 26.7. The number of anilines is 1. The van der Waals surface area contributed by atoms with Gasteiger partial charge in [0.05, 0.1) is 5.92 Å². The molecule has 1 unspecified atom stereocenters. The van der Waals surface area contributed by atoms with Crippen LogP contribution in [0.25, 0.3) is 0 Å². The third kappa shape index (κ3) is 2.45. The second-order valence-corrected chi connectivity index (χ2v) is 6.90. The average molecular weight is 278 g/mol. The first-order chi connectivity index (χ1) is 9.29. The van der Waals surface area contributed by atoms with Crippen LogP contribution in [0.2, 0.25) is 0 Å². The number of nitrogens with zero attached hydrogens (tertiary/aromatic N) is 3. The topological polar surface area (TPSA) is 58.1 Å². The Morgan fingerprint density at radius 2 is 2.05 bits per heavy atom. The Bertz CT molecular complexity index is 495. The fourth-order valence-corrected chi connectivity index (χ4v) is 3.59. The van der Waals surface area contributed by atoms with Gasteiger partial charge in [-0.25, -0.2) is 0 Å². The molecular weight excluding hydrogens is 260 g/mol. The van der Waals surface area contributed by atoms with Crippen LogP contribution in [0, 0.1) is 5.92 Å². The molecule has 2 heterocycles. The number of nitrogens with one attached hydrogen (secondary N) is 1. The average Bonchev–Trinajstić information content (AvgIpc) is 3.32. The number of hydrogen-bond donors (Lipinski definition) is 1. The van der Waals surface area contributed by atoms with E-state index >= 15 is 0 Å². The number of carbonyl (C=O) groups excluding carboxylic acids is 1. The summed E-state index contributed by atoms with van der Waals surface area (Å²) in [6.07, 6.45) is 5.78. The van der Waals surface area contributed by atoms with Crippen molar-refractivity contribution in [3.8, 4) is 0 Å². The molecule has 1 atom stereocenters. The summed E-state index contributed by atoms with van der Waals surface area (Å²) in [6, 6.07) is 0.463. The van der Waals surface area contributed by atoms with Crippen LogP contribution in [0.15, 0.2) is 0 Å². The third-order valence-corrected chi connectivity index (χ3v) is 5.26. The van der Waals surface area contributed by atoms with Gasteiger partial charge in [0.25, 0.3) is 0 Å². The fourth-order valence-electron chi connectivity index (χ4n) is 2.54. The second kappa shape index (κ2) is 4.44. The minimum absolute atomic E-state index is 0.133. The lowest BCUT2D eigenvalue weighted by Crippen LogP contribution is -2.34. The largest absolute Gasteiger partial charge is 0.353 e. The highest BCUT2D eigenvalue weighted by molar-refractivity contribution is 7.15. The van der Waals surface area contributed by atoms with E-state index in [1.807, 2.05) is 0 Å². The molecule has 0 bridgehead atoms. The molecule has 0 aromatic carbocycles. The minimum atomic E-state index is 0.133. The summed E-state index contributed by atoms with van der Waals surface area (Å²) < 4.78 is 0. The molecule has 0 spiro atoms. The molecule has 6 heteroatoms.